The number of hydrogen-bond donors (Lipinski definition) is 3. The number of benzene rings is 2. The van der Waals surface area contributed by atoms with Gasteiger partial charge in [0.15, 0.2) is 0 Å². The van der Waals surface area contributed by atoms with Gasteiger partial charge in [0.05, 0.1) is 18.2 Å². The normalized spacial score (nSPS) is 21.0. The van der Waals surface area contributed by atoms with Crippen molar-refractivity contribution in [3.63, 3.8) is 0 Å². The van der Waals surface area contributed by atoms with Crippen LogP contribution in [0, 0.1) is 5.92 Å². The maximum atomic E-state index is 13.6. The van der Waals surface area contributed by atoms with Gasteiger partial charge in [-0.1, -0.05) is 69.2 Å². The highest BCUT2D eigenvalue weighted by atomic mass is 16.5. The molecule has 0 spiro atoms. The minimum atomic E-state index is -0.936. The summed E-state index contributed by atoms with van der Waals surface area (Å²) in [6.07, 6.45) is 5.84. The highest BCUT2D eigenvalue weighted by Gasteiger charge is 2.28. The largest absolute Gasteiger partial charge is 0.491 e. The fraction of sp³-hybridized carbons (Fsp3) is 0.543. The Kier molecular flexibility index (Phi) is 13.2. The molecule has 1 saturated heterocycles. The molecule has 0 aromatic heterocycles. The summed E-state index contributed by atoms with van der Waals surface area (Å²) in [6.45, 7) is 7.78. The molecule has 0 aliphatic carbocycles. The summed E-state index contributed by atoms with van der Waals surface area (Å²) >= 11 is 0. The summed E-state index contributed by atoms with van der Waals surface area (Å²) in [7, 11) is 0. The highest BCUT2D eigenvalue weighted by Crippen LogP contribution is 2.20. The molecule has 0 radical (unpaired) electrons. The molecule has 10 nitrogen and oxygen atoms in total. The molecule has 3 N–H and O–H groups in total. The zero-order chi connectivity index (χ0) is 32.0. The molecule has 0 unspecified atom stereocenters. The first-order valence-electron chi connectivity index (χ1n) is 16.4. The van der Waals surface area contributed by atoms with Gasteiger partial charge < -0.3 is 30.5 Å². The SMILES string of the molecule is CC(C)[C@@H]1COc2ccccc2C(=O)N[C@H](C(=O)NCCCN2CCCCCC2)CCC(=O)N(Cc2ccccc2)CC(=O)N1. The minimum absolute atomic E-state index is 0.0159. The third kappa shape index (κ3) is 10.9. The third-order valence-electron chi connectivity index (χ3n) is 8.52. The van der Waals surface area contributed by atoms with Crippen LogP contribution in [0.4, 0.5) is 0 Å². The number of nitrogens with zero attached hydrogens (tertiary/aromatic N) is 2. The number of amides is 4. The van der Waals surface area contributed by atoms with Crippen LogP contribution in [0.25, 0.3) is 0 Å². The van der Waals surface area contributed by atoms with Crippen molar-refractivity contribution in [2.75, 3.05) is 39.3 Å². The zero-order valence-corrected chi connectivity index (χ0v) is 26.8. The zero-order valence-electron chi connectivity index (χ0n) is 26.8. The minimum Gasteiger partial charge on any atom is -0.491 e. The Labute approximate surface area is 267 Å². The number of carbonyl (C=O) groups excluding carboxylic acids is 4. The Morgan fingerprint density at radius 3 is 2.40 bits per heavy atom. The second-order valence-corrected chi connectivity index (χ2v) is 12.4. The van der Waals surface area contributed by atoms with E-state index in [2.05, 4.69) is 20.9 Å². The van der Waals surface area contributed by atoms with E-state index in [1.54, 1.807) is 24.3 Å². The van der Waals surface area contributed by atoms with Gasteiger partial charge in [-0.05, 0) is 68.9 Å². The van der Waals surface area contributed by atoms with E-state index in [1.807, 2.05) is 44.2 Å². The van der Waals surface area contributed by atoms with Gasteiger partial charge in [-0.25, -0.2) is 0 Å². The monoisotopic (exact) mass is 619 g/mol. The number of ether oxygens (including phenoxy) is 1. The number of nitrogens with one attached hydrogen (secondary N) is 3. The molecule has 2 aliphatic rings. The maximum absolute atomic E-state index is 13.6. The molecule has 2 aromatic carbocycles. The summed E-state index contributed by atoms with van der Waals surface area (Å²) in [5.41, 5.74) is 1.18. The lowest BCUT2D eigenvalue weighted by Crippen LogP contribution is -2.48. The smallest absolute Gasteiger partial charge is 0.255 e. The molecule has 4 rings (SSSR count). The molecule has 45 heavy (non-hydrogen) atoms. The predicted octanol–water partition coefficient (Wildman–Crippen LogP) is 3.51. The van der Waals surface area contributed by atoms with E-state index in [0.717, 1.165) is 31.6 Å². The molecular formula is C35H49N5O5. The van der Waals surface area contributed by atoms with Crippen LogP contribution in [0.15, 0.2) is 54.6 Å². The molecular weight excluding hydrogens is 570 g/mol. The van der Waals surface area contributed by atoms with Crippen molar-refractivity contribution in [3.8, 4) is 5.75 Å². The number of rotatable bonds is 8. The molecule has 244 valence electrons. The Morgan fingerprint density at radius 1 is 0.956 bits per heavy atom. The van der Waals surface area contributed by atoms with Gasteiger partial charge in [0, 0.05) is 19.5 Å². The average Bonchev–Trinajstić information content (AvgIpc) is 3.31. The average molecular weight is 620 g/mol. The summed E-state index contributed by atoms with van der Waals surface area (Å²) in [5.74, 6) is -0.946. The van der Waals surface area contributed by atoms with E-state index in [0.29, 0.717) is 12.3 Å². The summed E-state index contributed by atoms with van der Waals surface area (Å²) in [5, 5.41) is 8.88. The van der Waals surface area contributed by atoms with Crippen LogP contribution in [0.2, 0.25) is 0 Å². The first kappa shape index (κ1) is 34.0. The van der Waals surface area contributed by atoms with E-state index < -0.39 is 11.9 Å². The standard InChI is InChI=1S/C35H49N5O5/c1-26(2)30-25-45-31-16-9-8-15-28(31)34(43)38-29(35(44)36-19-12-22-39-20-10-3-4-11-21-39)17-18-33(42)40(24-32(41)37-30)23-27-13-6-5-7-14-27/h5-9,13-16,26,29-30H,3-4,10-12,17-25H2,1-2H3,(H,36,44)(H,37,41)(H,38,43)/t29-,30-/m0/s1. The number of hydrogen-bond acceptors (Lipinski definition) is 6. The van der Waals surface area contributed by atoms with Crippen LogP contribution in [0.5, 0.6) is 5.75 Å². The van der Waals surface area contributed by atoms with Gasteiger partial charge in [0.2, 0.25) is 17.7 Å². The molecule has 0 saturated carbocycles. The third-order valence-corrected chi connectivity index (χ3v) is 8.52. The highest BCUT2D eigenvalue weighted by molar-refractivity contribution is 5.99. The number of para-hydroxylation sites is 1. The fourth-order valence-electron chi connectivity index (χ4n) is 5.75. The first-order valence-corrected chi connectivity index (χ1v) is 16.4. The lowest BCUT2D eigenvalue weighted by molar-refractivity contribution is -0.137. The van der Waals surface area contributed by atoms with E-state index in [9.17, 15) is 19.2 Å². The molecule has 4 amide bonds. The van der Waals surface area contributed by atoms with Gasteiger partial charge in [0.1, 0.15) is 18.4 Å². The quantitative estimate of drug-likeness (QED) is 0.389. The van der Waals surface area contributed by atoms with Crippen LogP contribution in [0.3, 0.4) is 0 Å². The van der Waals surface area contributed by atoms with E-state index in [-0.39, 0.29) is 67.8 Å². The predicted molar refractivity (Wildman–Crippen MR) is 174 cm³/mol. The van der Waals surface area contributed by atoms with Crippen molar-refractivity contribution >= 4 is 23.6 Å². The molecule has 10 heteroatoms. The van der Waals surface area contributed by atoms with Crippen molar-refractivity contribution in [2.45, 2.75) is 77.4 Å². The first-order chi connectivity index (χ1) is 21.8. The molecule has 0 bridgehead atoms. The Balaban J connectivity index is 1.51. The second-order valence-electron chi connectivity index (χ2n) is 12.4. The Morgan fingerprint density at radius 2 is 1.67 bits per heavy atom. The topological polar surface area (TPSA) is 120 Å². The van der Waals surface area contributed by atoms with E-state index >= 15 is 0 Å². The van der Waals surface area contributed by atoms with Crippen LogP contribution in [0.1, 0.15) is 74.7 Å². The molecule has 2 aliphatic heterocycles. The van der Waals surface area contributed by atoms with Crippen LogP contribution in [-0.2, 0) is 20.9 Å². The van der Waals surface area contributed by atoms with Gasteiger partial charge in [-0.15, -0.1) is 0 Å². The van der Waals surface area contributed by atoms with Crippen molar-refractivity contribution < 1.29 is 23.9 Å². The van der Waals surface area contributed by atoms with Crippen molar-refractivity contribution in [3.05, 3.63) is 65.7 Å². The molecule has 2 heterocycles. The number of likely N-dealkylation sites (tertiary alicyclic amines) is 1. The lowest BCUT2D eigenvalue weighted by Gasteiger charge is -2.26. The molecule has 1 fully saturated rings. The number of fused-ring (bicyclic) bond motifs is 1. The Bertz CT molecular complexity index is 1260. The summed E-state index contributed by atoms with van der Waals surface area (Å²) in [4.78, 5) is 57.8. The summed E-state index contributed by atoms with van der Waals surface area (Å²) < 4.78 is 6.08. The van der Waals surface area contributed by atoms with Crippen LogP contribution in [-0.4, -0.2) is 84.8 Å². The number of carbonyl (C=O) groups is 4. The van der Waals surface area contributed by atoms with Crippen molar-refractivity contribution in [1.82, 2.24) is 25.8 Å². The van der Waals surface area contributed by atoms with Crippen molar-refractivity contribution in [2.24, 2.45) is 5.92 Å². The van der Waals surface area contributed by atoms with Gasteiger partial charge in [-0.2, -0.15) is 0 Å². The lowest BCUT2D eigenvalue weighted by atomic mass is 10.1. The molecule has 2 aromatic rings. The van der Waals surface area contributed by atoms with Gasteiger partial charge in [-0.3, -0.25) is 19.2 Å². The molecule has 2 atom stereocenters. The Hall–Kier alpha value is -3.92. The van der Waals surface area contributed by atoms with Gasteiger partial charge in [0.25, 0.3) is 5.91 Å². The second kappa shape index (κ2) is 17.5. The van der Waals surface area contributed by atoms with E-state index in [4.69, 9.17) is 4.74 Å². The van der Waals surface area contributed by atoms with E-state index in [1.165, 1.54) is 30.6 Å². The fourth-order valence-corrected chi connectivity index (χ4v) is 5.75. The van der Waals surface area contributed by atoms with Gasteiger partial charge >= 0.3 is 0 Å². The maximum Gasteiger partial charge on any atom is 0.255 e. The van der Waals surface area contributed by atoms with Crippen LogP contribution < -0.4 is 20.7 Å². The summed E-state index contributed by atoms with van der Waals surface area (Å²) in [6, 6.07) is 15.1. The van der Waals surface area contributed by atoms with Crippen molar-refractivity contribution in [1.29, 1.82) is 0 Å². The van der Waals surface area contributed by atoms with Crippen LogP contribution >= 0.6 is 0 Å².